The maximum Gasteiger partial charge on any atom is 0.255 e. The highest BCUT2D eigenvalue weighted by Gasteiger charge is 2.05. The Labute approximate surface area is 77.2 Å². The van der Waals surface area contributed by atoms with Gasteiger partial charge in [0.05, 0.1) is 5.56 Å². The monoisotopic (exact) mass is 181 g/mol. The van der Waals surface area contributed by atoms with E-state index in [0.717, 1.165) is 6.42 Å². The Bertz CT molecular complexity index is 354. The second kappa shape index (κ2) is 3.60. The quantitative estimate of drug-likeness (QED) is 0.710. The van der Waals surface area contributed by atoms with Crippen molar-refractivity contribution in [2.45, 2.75) is 27.2 Å². The molecule has 4 nitrogen and oxygen atoms in total. The van der Waals surface area contributed by atoms with Gasteiger partial charge in [0.25, 0.3) is 5.56 Å². The molecule has 0 spiro atoms. The lowest BCUT2D eigenvalue weighted by molar-refractivity contribution is 0.619. The summed E-state index contributed by atoms with van der Waals surface area (Å²) in [5.74, 6) is 1.47. The standard InChI is InChI=1S/C9H15N3O/c1-5(2)4-7-11-8(10)6(3)9(13)12-7/h5H,4H2,1-3H3,(H3,10,11,12,13). The highest BCUT2D eigenvalue weighted by Crippen LogP contribution is 2.04. The number of aromatic amines is 1. The van der Waals surface area contributed by atoms with Gasteiger partial charge in [-0.2, -0.15) is 0 Å². The van der Waals surface area contributed by atoms with Gasteiger partial charge in [0.2, 0.25) is 0 Å². The molecule has 0 aromatic carbocycles. The summed E-state index contributed by atoms with van der Waals surface area (Å²) >= 11 is 0. The van der Waals surface area contributed by atoms with Gasteiger partial charge in [0.1, 0.15) is 11.6 Å². The fourth-order valence-corrected chi connectivity index (χ4v) is 1.08. The van der Waals surface area contributed by atoms with Gasteiger partial charge in [-0.1, -0.05) is 13.8 Å². The van der Waals surface area contributed by atoms with E-state index in [9.17, 15) is 4.79 Å². The number of nitrogen functional groups attached to an aromatic ring is 1. The van der Waals surface area contributed by atoms with Gasteiger partial charge < -0.3 is 10.7 Å². The molecule has 0 saturated heterocycles. The first-order valence-corrected chi connectivity index (χ1v) is 4.36. The van der Waals surface area contributed by atoms with Crippen LogP contribution < -0.4 is 11.3 Å². The van der Waals surface area contributed by atoms with Gasteiger partial charge in [0.15, 0.2) is 0 Å². The molecule has 0 amide bonds. The number of rotatable bonds is 2. The zero-order valence-corrected chi connectivity index (χ0v) is 8.22. The van der Waals surface area contributed by atoms with Crippen molar-refractivity contribution in [1.82, 2.24) is 9.97 Å². The molecule has 13 heavy (non-hydrogen) atoms. The lowest BCUT2D eigenvalue weighted by atomic mass is 10.1. The van der Waals surface area contributed by atoms with E-state index in [1.165, 1.54) is 0 Å². The second-order valence-corrected chi connectivity index (χ2v) is 3.62. The van der Waals surface area contributed by atoms with E-state index in [1.807, 2.05) is 0 Å². The molecule has 1 rings (SSSR count). The van der Waals surface area contributed by atoms with E-state index in [4.69, 9.17) is 5.73 Å². The molecule has 0 atom stereocenters. The van der Waals surface area contributed by atoms with Gasteiger partial charge in [0, 0.05) is 6.42 Å². The molecule has 3 N–H and O–H groups in total. The average Bonchev–Trinajstić information content (AvgIpc) is 1.98. The van der Waals surface area contributed by atoms with Crippen molar-refractivity contribution in [1.29, 1.82) is 0 Å². The molecule has 0 unspecified atom stereocenters. The minimum atomic E-state index is -0.136. The predicted octanol–water partition coefficient (Wildman–Crippen LogP) is 0.859. The van der Waals surface area contributed by atoms with Crippen LogP contribution in [0.1, 0.15) is 25.2 Å². The minimum absolute atomic E-state index is 0.136. The number of hydrogen-bond donors (Lipinski definition) is 2. The molecular formula is C9H15N3O. The Balaban J connectivity index is 3.06. The van der Waals surface area contributed by atoms with Crippen molar-refractivity contribution in [3.63, 3.8) is 0 Å². The normalized spacial score (nSPS) is 10.8. The van der Waals surface area contributed by atoms with Gasteiger partial charge >= 0.3 is 0 Å². The summed E-state index contributed by atoms with van der Waals surface area (Å²) in [7, 11) is 0. The zero-order valence-electron chi connectivity index (χ0n) is 8.22. The molecule has 0 bridgehead atoms. The lowest BCUT2D eigenvalue weighted by Crippen LogP contribution is -2.18. The Morgan fingerprint density at radius 2 is 2.15 bits per heavy atom. The first kappa shape index (κ1) is 9.77. The molecule has 1 aromatic heterocycles. The maximum atomic E-state index is 11.3. The summed E-state index contributed by atoms with van der Waals surface area (Å²) in [6.45, 7) is 5.80. The molecule has 0 aliphatic rings. The van der Waals surface area contributed by atoms with Gasteiger partial charge in [-0.3, -0.25) is 4.79 Å². The number of aromatic nitrogens is 2. The molecule has 1 heterocycles. The Morgan fingerprint density at radius 1 is 1.54 bits per heavy atom. The minimum Gasteiger partial charge on any atom is -0.383 e. The van der Waals surface area contributed by atoms with Crippen LogP contribution in [0.5, 0.6) is 0 Å². The first-order valence-electron chi connectivity index (χ1n) is 4.36. The van der Waals surface area contributed by atoms with E-state index in [-0.39, 0.29) is 5.56 Å². The van der Waals surface area contributed by atoms with E-state index >= 15 is 0 Å². The van der Waals surface area contributed by atoms with E-state index in [2.05, 4.69) is 23.8 Å². The van der Waals surface area contributed by atoms with Crippen LogP contribution in [0.3, 0.4) is 0 Å². The van der Waals surface area contributed by atoms with E-state index in [1.54, 1.807) is 6.92 Å². The summed E-state index contributed by atoms with van der Waals surface area (Å²) in [6, 6.07) is 0. The summed E-state index contributed by atoms with van der Waals surface area (Å²) < 4.78 is 0. The highest BCUT2D eigenvalue weighted by atomic mass is 16.1. The van der Waals surface area contributed by atoms with Crippen LogP contribution >= 0.6 is 0 Å². The van der Waals surface area contributed by atoms with Crippen molar-refractivity contribution in [3.8, 4) is 0 Å². The fraction of sp³-hybridized carbons (Fsp3) is 0.556. The van der Waals surface area contributed by atoms with Crippen LogP contribution in [-0.4, -0.2) is 9.97 Å². The summed E-state index contributed by atoms with van der Waals surface area (Å²) in [6.07, 6.45) is 0.750. The molecule has 1 aromatic rings. The number of H-pyrrole nitrogens is 1. The smallest absolute Gasteiger partial charge is 0.255 e. The van der Waals surface area contributed by atoms with Crippen LogP contribution in [0.4, 0.5) is 5.82 Å². The SMILES string of the molecule is Cc1c(N)nc(CC(C)C)[nH]c1=O. The third kappa shape index (κ3) is 2.31. The van der Waals surface area contributed by atoms with Crippen molar-refractivity contribution >= 4 is 5.82 Å². The average molecular weight is 181 g/mol. The third-order valence-electron chi connectivity index (χ3n) is 1.84. The first-order chi connectivity index (χ1) is 6.00. The van der Waals surface area contributed by atoms with Crippen LogP contribution in [-0.2, 0) is 6.42 Å². The van der Waals surface area contributed by atoms with Gasteiger partial charge in [-0.15, -0.1) is 0 Å². The number of nitrogens with zero attached hydrogens (tertiary/aromatic N) is 1. The molecule has 72 valence electrons. The third-order valence-corrected chi connectivity index (χ3v) is 1.84. The number of anilines is 1. The maximum absolute atomic E-state index is 11.3. The molecule has 0 radical (unpaired) electrons. The second-order valence-electron chi connectivity index (χ2n) is 3.62. The van der Waals surface area contributed by atoms with Crippen LogP contribution in [0.2, 0.25) is 0 Å². The summed E-state index contributed by atoms with van der Waals surface area (Å²) in [5, 5.41) is 0. The largest absolute Gasteiger partial charge is 0.383 e. The van der Waals surface area contributed by atoms with Crippen molar-refractivity contribution < 1.29 is 0 Å². The lowest BCUT2D eigenvalue weighted by Gasteiger charge is -2.05. The van der Waals surface area contributed by atoms with Crippen LogP contribution in [0, 0.1) is 12.8 Å². The Hall–Kier alpha value is -1.32. The topological polar surface area (TPSA) is 71.8 Å². The van der Waals surface area contributed by atoms with Crippen molar-refractivity contribution in [2.75, 3.05) is 5.73 Å². The Kier molecular flexibility index (Phi) is 2.70. The van der Waals surface area contributed by atoms with E-state index in [0.29, 0.717) is 23.1 Å². The number of nitrogens with two attached hydrogens (primary N) is 1. The Morgan fingerprint density at radius 3 is 2.62 bits per heavy atom. The fourth-order valence-electron chi connectivity index (χ4n) is 1.08. The number of nitrogens with one attached hydrogen (secondary N) is 1. The molecule has 0 saturated carbocycles. The van der Waals surface area contributed by atoms with Crippen LogP contribution in [0.15, 0.2) is 4.79 Å². The van der Waals surface area contributed by atoms with Crippen molar-refractivity contribution in [3.05, 3.63) is 21.7 Å². The molecular weight excluding hydrogens is 166 g/mol. The summed E-state index contributed by atoms with van der Waals surface area (Å²) in [4.78, 5) is 18.1. The molecule has 0 fully saturated rings. The van der Waals surface area contributed by atoms with Gasteiger partial charge in [-0.05, 0) is 12.8 Å². The molecule has 4 heteroatoms. The number of hydrogen-bond acceptors (Lipinski definition) is 3. The van der Waals surface area contributed by atoms with Crippen molar-refractivity contribution in [2.24, 2.45) is 5.92 Å². The highest BCUT2D eigenvalue weighted by molar-refractivity contribution is 5.36. The zero-order chi connectivity index (χ0) is 10.0. The van der Waals surface area contributed by atoms with E-state index < -0.39 is 0 Å². The summed E-state index contributed by atoms with van der Waals surface area (Å²) in [5.41, 5.74) is 5.92. The van der Waals surface area contributed by atoms with Crippen LogP contribution in [0.25, 0.3) is 0 Å². The van der Waals surface area contributed by atoms with Gasteiger partial charge in [-0.25, -0.2) is 4.98 Å². The molecule has 0 aliphatic heterocycles. The molecule has 0 aliphatic carbocycles. The predicted molar refractivity (Wildman–Crippen MR) is 52.5 cm³/mol.